The molecule has 2 aliphatic rings. The van der Waals surface area contributed by atoms with E-state index in [0.29, 0.717) is 6.61 Å². The van der Waals surface area contributed by atoms with Gasteiger partial charge in [0.2, 0.25) is 0 Å². The fraction of sp³-hybridized carbons (Fsp3) is 0.750. The maximum atomic E-state index is 11.0. The van der Waals surface area contributed by atoms with Gasteiger partial charge in [-0.3, -0.25) is 4.79 Å². The van der Waals surface area contributed by atoms with Crippen LogP contribution in [-0.2, 0) is 23.7 Å². The number of ether oxygens (including phenoxy) is 4. The lowest BCUT2D eigenvalue weighted by Crippen LogP contribution is -2.46. The summed E-state index contributed by atoms with van der Waals surface area (Å²) in [7, 11) is 0. The van der Waals surface area contributed by atoms with Gasteiger partial charge < -0.3 is 18.9 Å². The van der Waals surface area contributed by atoms with Crippen LogP contribution < -0.4 is 0 Å². The lowest BCUT2D eigenvalue weighted by molar-refractivity contribution is -0.206. The summed E-state index contributed by atoms with van der Waals surface area (Å²) in [6.45, 7) is 5.86. The van der Waals surface area contributed by atoms with Gasteiger partial charge in [0.15, 0.2) is 11.9 Å². The second-order valence-corrected chi connectivity index (χ2v) is 5.51. The highest BCUT2D eigenvalue weighted by molar-refractivity contribution is 14.1. The number of fused-ring (bicyclic) bond motifs is 1. The molecule has 0 bridgehead atoms. The van der Waals surface area contributed by atoms with Crippen molar-refractivity contribution in [2.45, 2.75) is 44.9 Å². The Bertz CT molecular complexity index is 369. The number of hydrogen-bond acceptors (Lipinski definition) is 5. The number of esters is 1. The highest BCUT2D eigenvalue weighted by Crippen LogP contribution is 2.50. The van der Waals surface area contributed by atoms with Gasteiger partial charge in [-0.2, -0.15) is 0 Å². The average molecular weight is 368 g/mol. The van der Waals surface area contributed by atoms with Gasteiger partial charge in [-0.25, -0.2) is 0 Å². The average Bonchev–Trinajstić information content (AvgIpc) is 2.99. The molecule has 6 heteroatoms. The lowest BCUT2D eigenvalue weighted by atomic mass is 10.0. The number of halogens is 1. The molecule has 2 rings (SSSR count). The summed E-state index contributed by atoms with van der Waals surface area (Å²) in [6.07, 6.45) is 1.66. The minimum absolute atomic E-state index is 0.0633. The largest absolute Gasteiger partial charge is 0.462 e. The Morgan fingerprint density at radius 1 is 1.67 bits per heavy atom. The van der Waals surface area contributed by atoms with Crippen molar-refractivity contribution in [1.29, 1.82) is 0 Å². The van der Waals surface area contributed by atoms with Crippen LogP contribution in [0.1, 0.15) is 20.8 Å². The Morgan fingerprint density at radius 2 is 2.39 bits per heavy atom. The smallest absolute Gasteiger partial charge is 0.302 e. The van der Waals surface area contributed by atoms with Gasteiger partial charge in [0, 0.05) is 17.1 Å². The van der Waals surface area contributed by atoms with Crippen LogP contribution in [0.5, 0.6) is 0 Å². The summed E-state index contributed by atoms with van der Waals surface area (Å²) in [4.78, 5) is 11.0. The molecular formula is C12H17IO5. The summed E-state index contributed by atoms with van der Waals surface area (Å²) in [5, 5.41) is 0. The van der Waals surface area contributed by atoms with E-state index in [4.69, 9.17) is 18.9 Å². The van der Waals surface area contributed by atoms with E-state index in [1.165, 1.54) is 6.92 Å². The van der Waals surface area contributed by atoms with Gasteiger partial charge in [0.1, 0.15) is 18.8 Å². The van der Waals surface area contributed by atoms with Crippen molar-refractivity contribution in [2.24, 2.45) is 0 Å². The monoisotopic (exact) mass is 368 g/mol. The van der Waals surface area contributed by atoms with Crippen LogP contribution in [0, 0.1) is 0 Å². The van der Waals surface area contributed by atoms with E-state index in [0.717, 1.165) is 3.58 Å². The molecule has 1 aliphatic carbocycles. The molecule has 1 fully saturated rings. The molecule has 0 aromatic carbocycles. The lowest BCUT2D eigenvalue weighted by Gasteiger charge is -2.32. The van der Waals surface area contributed by atoms with Crippen molar-refractivity contribution >= 4 is 28.6 Å². The first-order chi connectivity index (χ1) is 8.49. The summed E-state index contributed by atoms with van der Waals surface area (Å²) >= 11 is 2.21. The molecule has 0 N–H and O–H groups in total. The summed E-state index contributed by atoms with van der Waals surface area (Å²) in [5.41, 5.74) is -0.703. The van der Waals surface area contributed by atoms with Crippen LogP contribution in [-0.4, -0.2) is 43.3 Å². The molecule has 0 amide bonds. The number of rotatable bonds is 6. The quantitative estimate of drug-likeness (QED) is 0.310. The number of carbonyl (C=O) groups is 1. The molecule has 0 aromatic rings. The zero-order chi connectivity index (χ0) is 13.3. The highest BCUT2D eigenvalue weighted by atomic mass is 127. The van der Waals surface area contributed by atoms with Crippen LogP contribution in [0.25, 0.3) is 0 Å². The van der Waals surface area contributed by atoms with Crippen LogP contribution in [0.4, 0.5) is 0 Å². The number of hydrogen-bond donors (Lipinski definition) is 0. The Hall–Kier alpha value is -0.180. The third kappa shape index (κ3) is 2.71. The van der Waals surface area contributed by atoms with Crippen molar-refractivity contribution in [3.8, 4) is 0 Å². The van der Waals surface area contributed by atoms with Crippen LogP contribution in [0.2, 0.25) is 0 Å². The zero-order valence-electron chi connectivity index (χ0n) is 10.6. The molecular weight excluding hydrogens is 351 g/mol. The number of carbonyl (C=O) groups excluding carboxylic acids is 1. The van der Waals surface area contributed by atoms with Crippen molar-refractivity contribution in [2.75, 3.05) is 13.2 Å². The molecule has 1 unspecified atom stereocenters. The molecule has 1 heterocycles. The van der Waals surface area contributed by atoms with Crippen LogP contribution in [0.15, 0.2) is 9.66 Å². The molecule has 5 nitrogen and oxygen atoms in total. The number of epoxide rings is 1. The third-order valence-electron chi connectivity index (χ3n) is 2.97. The van der Waals surface area contributed by atoms with Gasteiger partial charge in [0.05, 0.1) is 0 Å². The Balaban J connectivity index is 2.08. The predicted molar refractivity (Wildman–Crippen MR) is 72.3 cm³/mol. The van der Waals surface area contributed by atoms with E-state index in [2.05, 4.69) is 22.6 Å². The van der Waals surface area contributed by atoms with Gasteiger partial charge in [-0.1, -0.05) is 0 Å². The van der Waals surface area contributed by atoms with Gasteiger partial charge in [-0.05, 0) is 42.5 Å². The van der Waals surface area contributed by atoms with Crippen molar-refractivity contribution in [1.82, 2.24) is 0 Å². The molecule has 4 atom stereocenters. The Labute approximate surface area is 120 Å². The van der Waals surface area contributed by atoms with Gasteiger partial charge in [0.25, 0.3) is 0 Å². The molecule has 0 saturated carbocycles. The van der Waals surface area contributed by atoms with E-state index in [9.17, 15) is 4.79 Å². The first-order valence-electron chi connectivity index (χ1n) is 5.95. The first kappa shape index (κ1) is 14.2. The fourth-order valence-electron chi connectivity index (χ4n) is 2.13. The van der Waals surface area contributed by atoms with Crippen LogP contribution in [0.3, 0.4) is 0 Å². The minimum Gasteiger partial charge on any atom is -0.462 e. The second kappa shape index (κ2) is 5.44. The molecule has 18 heavy (non-hydrogen) atoms. The second-order valence-electron chi connectivity index (χ2n) is 4.35. The maximum Gasteiger partial charge on any atom is 0.302 e. The Morgan fingerprint density at radius 3 is 2.89 bits per heavy atom. The van der Waals surface area contributed by atoms with E-state index in [1.807, 2.05) is 19.9 Å². The van der Waals surface area contributed by atoms with E-state index in [1.54, 1.807) is 0 Å². The summed E-state index contributed by atoms with van der Waals surface area (Å²) in [6, 6.07) is 0. The molecule has 0 spiro atoms. The van der Waals surface area contributed by atoms with Crippen molar-refractivity contribution < 1.29 is 23.7 Å². The molecule has 0 radical (unpaired) electrons. The van der Waals surface area contributed by atoms with Crippen molar-refractivity contribution in [3.63, 3.8) is 0 Å². The summed E-state index contributed by atoms with van der Waals surface area (Å²) < 4.78 is 23.0. The standard InChI is InChI=1S/C12H17IO5/c1-4-15-8(3)18-12(6-16-7(2)14)10(13)5-9-11(12)17-9/h5,8-9,11H,4,6H2,1-3H3/t8?,9-,11-,12+/m1/s1. The maximum absolute atomic E-state index is 11.0. The van der Waals surface area contributed by atoms with Gasteiger partial charge >= 0.3 is 5.97 Å². The molecule has 0 aromatic heterocycles. The predicted octanol–water partition coefficient (Wildman–Crippen LogP) is 1.79. The topological polar surface area (TPSA) is 57.3 Å². The third-order valence-corrected chi connectivity index (χ3v) is 4.24. The summed E-state index contributed by atoms with van der Waals surface area (Å²) in [5.74, 6) is -0.324. The van der Waals surface area contributed by atoms with E-state index in [-0.39, 0.29) is 31.1 Å². The molecule has 1 aliphatic heterocycles. The SMILES string of the molecule is CCOC(C)O[C@@]1(COC(C)=O)C(I)=C[C@H]2O[C@H]21. The van der Waals surface area contributed by atoms with E-state index < -0.39 is 5.60 Å². The zero-order valence-corrected chi connectivity index (χ0v) is 12.8. The Kier molecular flexibility index (Phi) is 4.30. The van der Waals surface area contributed by atoms with Crippen molar-refractivity contribution in [3.05, 3.63) is 9.66 Å². The minimum atomic E-state index is -0.703. The fourth-order valence-corrected chi connectivity index (χ4v) is 3.07. The van der Waals surface area contributed by atoms with E-state index >= 15 is 0 Å². The van der Waals surface area contributed by atoms with Crippen LogP contribution >= 0.6 is 22.6 Å². The highest BCUT2D eigenvalue weighted by Gasteiger charge is 2.63. The molecule has 1 saturated heterocycles. The first-order valence-corrected chi connectivity index (χ1v) is 7.03. The normalized spacial score (nSPS) is 34.8. The molecule has 102 valence electrons. The van der Waals surface area contributed by atoms with Gasteiger partial charge in [-0.15, -0.1) is 0 Å².